The largest absolute Gasteiger partial charge is 0.341 e. The van der Waals surface area contributed by atoms with Crippen LogP contribution in [-0.2, 0) is 23.2 Å². The number of likely N-dealkylation sites (N-methyl/N-ethyl adjacent to an activating group) is 1. The van der Waals surface area contributed by atoms with Crippen LogP contribution in [0.5, 0.6) is 0 Å². The second kappa shape index (κ2) is 13.0. The summed E-state index contributed by atoms with van der Waals surface area (Å²) in [6.45, 7) is 2.73. The van der Waals surface area contributed by atoms with E-state index in [0.717, 1.165) is 50.3 Å². The number of nitrogens with one attached hydrogen (secondary N) is 1. The van der Waals surface area contributed by atoms with Gasteiger partial charge in [0, 0.05) is 36.2 Å². The van der Waals surface area contributed by atoms with Gasteiger partial charge in [-0.05, 0) is 74.4 Å². The van der Waals surface area contributed by atoms with Gasteiger partial charge in [-0.1, -0.05) is 67.3 Å². The lowest BCUT2D eigenvalue weighted by Crippen LogP contribution is -2.58. The first-order valence-electron chi connectivity index (χ1n) is 13.1. The third kappa shape index (κ3) is 6.22. The van der Waals surface area contributed by atoms with E-state index in [0.29, 0.717) is 6.04 Å². The first kappa shape index (κ1) is 29.3. The minimum atomic E-state index is -0.172. The summed E-state index contributed by atoms with van der Waals surface area (Å²) in [4.78, 5) is 18.5. The molecule has 0 bridgehead atoms. The molecule has 7 heteroatoms. The van der Waals surface area contributed by atoms with Crippen LogP contribution >= 0.6 is 36.4 Å². The Hall–Kier alpha value is -1.30. The van der Waals surface area contributed by atoms with Gasteiger partial charge in [0.25, 0.3) is 0 Å². The summed E-state index contributed by atoms with van der Waals surface area (Å²) in [5.41, 5.74) is 4.20. The zero-order valence-corrected chi connectivity index (χ0v) is 23.6. The average Bonchev–Trinajstić information content (AvgIpc) is 2.88. The summed E-state index contributed by atoms with van der Waals surface area (Å²) < 4.78 is 0. The van der Waals surface area contributed by atoms with Gasteiger partial charge in [-0.2, -0.15) is 0 Å². The van der Waals surface area contributed by atoms with Gasteiger partial charge < -0.3 is 10.2 Å². The maximum atomic E-state index is 13.9. The number of halogens is 3. The van der Waals surface area contributed by atoms with Crippen molar-refractivity contribution in [2.45, 2.75) is 75.4 Å². The minimum Gasteiger partial charge on any atom is -0.341 e. The molecule has 2 aromatic rings. The molecule has 1 aliphatic carbocycles. The molecule has 36 heavy (non-hydrogen) atoms. The lowest BCUT2D eigenvalue weighted by Gasteiger charge is -2.51. The Balaban J connectivity index is 0.00000180. The number of carbonyl (C=O) groups is 1. The number of carbonyl (C=O) groups excluding carboxylic acids is 1. The summed E-state index contributed by atoms with van der Waals surface area (Å²) in [7, 11) is 2.27. The topological polar surface area (TPSA) is 35.6 Å². The summed E-state index contributed by atoms with van der Waals surface area (Å²) in [5, 5.41) is 4.52. The molecule has 2 aliphatic heterocycles. The number of amides is 1. The second-order valence-electron chi connectivity index (χ2n) is 10.6. The highest BCUT2D eigenvalue weighted by molar-refractivity contribution is 6.30. The average molecular weight is 553 g/mol. The van der Waals surface area contributed by atoms with E-state index in [1.165, 1.54) is 48.8 Å². The second-order valence-corrected chi connectivity index (χ2v) is 11.0. The molecule has 3 aliphatic rings. The molecule has 2 heterocycles. The summed E-state index contributed by atoms with van der Waals surface area (Å²) in [5.74, 6) is 0.266. The number of benzene rings is 2. The normalized spacial score (nSPS) is 20.7. The van der Waals surface area contributed by atoms with Crippen molar-refractivity contribution < 1.29 is 4.79 Å². The number of rotatable bonds is 5. The van der Waals surface area contributed by atoms with Crippen LogP contribution in [0, 0.1) is 0 Å². The van der Waals surface area contributed by atoms with E-state index in [-0.39, 0.29) is 42.3 Å². The van der Waals surface area contributed by atoms with Gasteiger partial charge in [0.2, 0.25) is 5.91 Å². The van der Waals surface area contributed by atoms with Crippen LogP contribution in [0.1, 0.15) is 61.6 Å². The predicted molar refractivity (Wildman–Crippen MR) is 154 cm³/mol. The van der Waals surface area contributed by atoms with E-state index in [1.807, 2.05) is 12.1 Å². The van der Waals surface area contributed by atoms with Crippen molar-refractivity contribution in [2.24, 2.45) is 0 Å². The van der Waals surface area contributed by atoms with Crippen molar-refractivity contribution in [3.8, 4) is 0 Å². The van der Waals surface area contributed by atoms with Crippen LogP contribution in [0.15, 0.2) is 48.5 Å². The Bertz CT molecular complexity index is 986. The third-order valence-corrected chi connectivity index (χ3v) is 8.81. The predicted octanol–water partition coefficient (Wildman–Crippen LogP) is 6.02. The van der Waals surface area contributed by atoms with Crippen molar-refractivity contribution in [2.75, 3.05) is 26.7 Å². The molecule has 1 saturated carbocycles. The fourth-order valence-electron chi connectivity index (χ4n) is 6.50. The molecule has 4 nitrogen and oxygen atoms in total. The van der Waals surface area contributed by atoms with E-state index in [4.69, 9.17) is 11.6 Å². The standard InChI is InChI=1S/C29H38ClN3O.2ClH/c1-32-18-15-23-7-5-6-10-26(23)29(32)16-19-33(20-17-29)28(34)27(31-25-8-3-2-4-9-25)21-22-11-13-24(30)14-12-22;;/h5-7,10-14,25,27,31H,2-4,8-9,15-21H2,1H3;2*1H/t27-;;/m1../s1. The van der Waals surface area contributed by atoms with Gasteiger partial charge >= 0.3 is 0 Å². The molecule has 0 aromatic heterocycles. The zero-order valence-electron chi connectivity index (χ0n) is 21.3. The molecule has 2 aromatic carbocycles. The van der Waals surface area contributed by atoms with E-state index in [2.05, 4.69) is 58.6 Å². The summed E-state index contributed by atoms with van der Waals surface area (Å²) in [6.07, 6.45) is 10.0. The van der Waals surface area contributed by atoms with Crippen molar-refractivity contribution in [1.82, 2.24) is 15.1 Å². The Morgan fingerprint density at radius 1 is 1.00 bits per heavy atom. The number of hydrogen-bond donors (Lipinski definition) is 1. The van der Waals surface area contributed by atoms with Gasteiger partial charge in [-0.25, -0.2) is 0 Å². The highest BCUT2D eigenvalue weighted by Gasteiger charge is 2.44. The van der Waals surface area contributed by atoms with E-state index >= 15 is 0 Å². The van der Waals surface area contributed by atoms with Crippen molar-refractivity contribution in [3.63, 3.8) is 0 Å². The molecule has 1 spiro atoms. The zero-order chi connectivity index (χ0) is 23.5. The Morgan fingerprint density at radius 3 is 2.36 bits per heavy atom. The minimum absolute atomic E-state index is 0. The number of piperidine rings is 1. The highest BCUT2D eigenvalue weighted by Crippen LogP contribution is 2.42. The molecule has 2 fully saturated rings. The van der Waals surface area contributed by atoms with E-state index < -0.39 is 0 Å². The van der Waals surface area contributed by atoms with Crippen LogP contribution < -0.4 is 5.32 Å². The maximum Gasteiger partial charge on any atom is 0.240 e. The quantitative estimate of drug-likeness (QED) is 0.492. The van der Waals surface area contributed by atoms with Gasteiger partial charge in [0.05, 0.1) is 6.04 Å². The Kier molecular flexibility index (Phi) is 10.5. The van der Waals surface area contributed by atoms with Gasteiger partial charge in [0.15, 0.2) is 0 Å². The first-order valence-corrected chi connectivity index (χ1v) is 13.5. The molecular weight excluding hydrogens is 513 g/mol. The van der Waals surface area contributed by atoms with Crippen molar-refractivity contribution in [1.29, 1.82) is 0 Å². The molecule has 1 N–H and O–H groups in total. The molecular formula is C29H40Cl3N3O. The number of nitrogens with zero attached hydrogens (tertiary/aromatic N) is 2. The Labute approximate surface area is 234 Å². The number of fused-ring (bicyclic) bond motifs is 2. The molecule has 198 valence electrons. The summed E-state index contributed by atoms with van der Waals surface area (Å²) >= 11 is 6.11. The van der Waals surface area contributed by atoms with Crippen molar-refractivity contribution >= 4 is 42.3 Å². The monoisotopic (exact) mass is 551 g/mol. The smallest absolute Gasteiger partial charge is 0.240 e. The number of hydrogen-bond acceptors (Lipinski definition) is 3. The lowest BCUT2D eigenvalue weighted by atomic mass is 9.74. The van der Waals surface area contributed by atoms with E-state index in [9.17, 15) is 4.79 Å². The van der Waals surface area contributed by atoms with Crippen LogP contribution in [0.25, 0.3) is 0 Å². The molecule has 5 rings (SSSR count). The van der Waals surface area contributed by atoms with Crippen molar-refractivity contribution in [3.05, 3.63) is 70.2 Å². The first-order chi connectivity index (χ1) is 16.5. The molecule has 1 atom stereocenters. The molecule has 1 saturated heterocycles. The molecule has 1 amide bonds. The lowest BCUT2D eigenvalue weighted by molar-refractivity contribution is -0.136. The molecule has 0 unspecified atom stereocenters. The molecule has 0 radical (unpaired) electrons. The summed E-state index contributed by atoms with van der Waals surface area (Å²) in [6, 6.07) is 17.2. The third-order valence-electron chi connectivity index (χ3n) is 8.56. The van der Waals surface area contributed by atoms with Gasteiger partial charge in [0.1, 0.15) is 0 Å². The van der Waals surface area contributed by atoms with Gasteiger partial charge in [-0.3, -0.25) is 9.69 Å². The highest BCUT2D eigenvalue weighted by atomic mass is 35.5. The van der Waals surface area contributed by atoms with Crippen LogP contribution in [0.3, 0.4) is 0 Å². The Morgan fingerprint density at radius 2 is 1.67 bits per heavy atom. The SMILES string of the molecule is CN1CCc2ccccc2C12CCN(C(=O)[C@@H](Cc1ccc(Cl)cc1)NC1CCCCC1)CC2.Cl.Cl. The maximum absolute atomic E-state index is 13.9. The van der Waals surface area contributed by atoms with Crippen LogP contribution in [0.2, 0.25) is 5.02 Å². The fourth-order valence-corrected chi connectivity index (χ4v) is 6.62. The van der Waals surface area contributed by atoms with Crippen LogP contribution in [-0.4, -0.2) is 54.5 Å². The van der Waals surface area contributed by atoms with Crippen LogP contribution in [0.4, 0.5) is 0 Å². The van der Waals surface area contributed by atoms with Gasteiger partial charge in [-0.15, -0.1) is 24.8 Å². The fraction of sp³-hybridized carbons (Fsp3) is 0.552. The van der Waals surface area contributed by atoms with E-state index in [1.54, 1.807) is 0 Å². The number of likely N-dealkylation sites (tertiary alicyclic amines) is 1.